The Morgan fingerprint density at radius 1 is 1.12 bits per heavy atom. The zero-order valence-electron chi connectivity index (χ0n) is 19.3. The van der Waals surface area contributed by atoms with E-state index in [-0.39, 0.29) is 0 Å². The number of sulfonamides is 1. The molecule has 0 fully saturated rings. The van der Waals surface area contributed by atoms with Crippen LogP contribution in [0, 0.1) is 27.7 Å². The number of carbonyl (C=O) groups is 1. The summed E-state index contributed by atoms with van der Waals surface area (Å²) in [5.41, 5.74) is 8.42. The summed E-state index contributed by atoms with van der Waals surface area (Å²) >= 11 is 6.13. The van der Waals surface area contributed by atoms with Crippen LogP contribution in [-0.2, 0) is 14.8 Å². The van der Waals surface area contributed by atoms with E-state index >= 15 is 0 Å². The van der Waals surface area contributed by atoms with Gasteiger partial charge >= 0.3 is 0 Å². The molecule has 0 aliphatic carbocycles. The number of hydrazone groups is 1. The lowest BCUT2D eigenvalue weighted by molar-refractivity contribution is -0.119. The van der Waals surface area contributed by atoms with Gasteiger partial charge in [0.15, 0.2) is 0 Å². The summed E-state index contributed by atoms with van der Waals surface area (Å²) in [6, 6.07) is 15.1. The lowest BCUT2D eigenvalue weighted by atomic mass is 10.2. The molecule has 7 nitrogen and oxygen atoms in total. The van der Waals surface area contributed by atoms with Crippen molar-refractivity contribution in [2.75, 3.05) is 17.1 Å². The maximum atomic E-state index is 12.5. The number of hydrogen-bond donors (Lipinski definition) is 1. The highest BCUT2D eigenvalue weighted by molar-refractivity contribution is 7.92. The van der Waals surface area contributed by atoms with Gasteiger partial charge in [0, 0.05) is 27.7 Å². The molecule has 1 amide bonds. The van der Waals surface area contributed by atoms with E-state index in [0.717, 1.165) is 33.2 Å². The lowest BCUT2D eigenvalue weighted by Crippen LogP contribution is -2.39. The molecular formula is C24H27ClN4O3S. The van der Waals surface area contributed by atoms with Crippen LogP contribution < -0.4 is 9.73 Å². The molecule has 174 valence electrons. The molecule has 1 heterocycles. The van der Waals surface area contributed by atoms with Crippen LogP contribution in [0.15, 0.2) is 53.6 Å². The van der Waals surface area contributed by atoms with E-state index in [1.165, 1.54) is 5.56 Å². The SMILES string of the molecule is Cc1ccc(-n2c(C)cc(/C=N\NC(=O)CN(c3cccc(Cl)c3C)S(C)(=O)=O)c2C)cc1. The average Bonchev–Trinajstić information content (AvgIpc) is 3.02. The zero-order valence-corrected chi connectivity index (χ0v) is 20.8. The van der Waals surface area contributed by atoms with Gasteiger partial charge in [-0.05, 0) is 63.6 Å². The Bertz CT molecular complexity index is 1310. The smallest absolute Gasteiger partial charge is 0.260 e. The fourth-order valence-corrected chi connectivity index (χ4v) is 4.67. The van der Waals surface area contributed by atoms with E-state index in [0.29, 0.717) is 16.3 Å². The maximum absolute atomic E-state index is 12.5. The third-order valence-corrected chi connectivity index (χ3v) is 6.89. The number of halogens is 1. The molecule has 3 aromatic rings. The second kappa shape index (κ2) is 9.80. The number of amides is 1. The van der Waals surface area contributed by atoms with Crippen molar-refractivity contribution in [2.24, 2.45) is 5.10 Å². The van der Waals surface area contributed by atoms with E-state index in [9.17, 15) is 13.2 Å². The van der Waals surface area contributed by atoms with E-state index < -0.39 is 22.5 Å². The normalized spacial score (nSPS) is 11.7. The fraction of sp³-hybridized carbons (Fsp3) is 0.250. The molecule has 0 spiro atoms. The molecule has 2 aromatic carbocycles. The predicted octanol–water partition coefficient (Wildman–Crippen LogP) is 4.28. The zero-order chi connectivity index (χ0) is 24.3. The van der Waals surface area contributed by atoms with Crippen LogP contribution in [0.3, 0.4) is 0 Å². The average molecular weight is 487 g/mol. The Morgan fingerprint density at radius 3 is 2.42 bits per heavy atom. The molecular weight excluding hydrogens is 460 g/mol. The van der Waals surface area contributed by atoms with Gasteiger partial charge in [-0.2, -0.15) is 5.10 Å². The summed E-state index contributed by atoms with van der Waals surface area (Å²) in [4.78, 5) is 12.5. The summed E-state index contributed by atoms with van der Waals surface area (Å²) in [5.74, 6) is -0.566. The van der Waals surface area contributed by atoms with Crippen LogP contribution in [0.25, 0.3) is 5.69 Å². The summed E-state index contributed by atoms with van der Waals surface area (Å²) in [6.45, 7) is 7.30. The number of aryl methyl sites for hydroxylation is 2. The number of carbonyl (C=O) groups excluding carboxylic acids is 1. The molecule has 0 unspecified atom stereocenters. The van der Waals surface area contributed by atoms with Gasteiger partial charge in [-0.25, -0.2) is 13.8 Å². The largest absolute Gasteiger partial charge is 0.318 e. The summed E-state index contributed by atoms with van der Waals surface area (Å²) in [6.07, 6.45) is 2.60. The van der Waals surface area contributed by atoms with Crippen molar-refractivity contribution in [1.29, 1.82) is 0 Å². The van der Waals surface area contributed by atoms with Gasteiger partial charge in [0.2, 0.25) is 10.0 Å². The highest BCUT2D eigenvalue weighted by Crippen LogP contribution is 2.28. The molecule has 3 rings (SSSR count). The lowest BCUT2D eigenvalue weighted by Gasteiger charge is -2.23. The molecule has 0 radical (unpaired) electrons. The topological polar surface area (TPSA) is 83.8 Å². The van der Waals surface area contributed by atoms with Crippen molar-refractivity contribution in [1.82, 2.24) is 9.99 Å². The summed E-state index contributed by atoms with van der Waals surface area (Å²) in [7, 11) is -3.71. The van der Waals surface area contributed by atoms with Crippen molar-refractivity contribution in [2.45, 2.75) is 27.7 Å². The Kier molecular flexibility index (Phi) is 7.29. The van der Waals surface area contributed by atoms with Gasteiger partial charge in [0.05, 0.1) is 18.2 Å². The Balaban J connectivity index is 1.76. The van der Waals surface area contributed by atoms with Crippen molar-refractivity contribution in [3.8, 4) is 5.69 Å². The molecule has 9 heteroatoms. The van der Waals surface area contributed by atoms with Crippen molar-refractivity contribution >= 4 is 39.4 Å². The number of rotatable bonds is 7. The highest BCUT2D eigenvalue weighted by Gasteiger charge is 2.23. The summed E-state index contributed by atoms with van der Waals surface area (Å²) < 4.78 is 27.8. The highest BCUT2D eigenvalue weighted by atomic mass is 35.5. The Labute approximate surface area is 199 Å². The minimum Gasteiger partial charge on any atom is -0.318 e. The number of nitrogens with one attached hydrogen (secondary N) is 1. The van der Waals surface area contributed by atoms with E-state index in [1.807, 2.05) is 26.8 Å². The molecule has 33 heavy (non-hydrogen) atoms. The van der Waals surface area contributed by atoms with Crippen LogP contribution in [-0.4, -0.2) is 37.9 Å². The first-order valence-corrected chi connectivity index (χ1v) is 12.5. The Hall–Kier alpha value is -3.10. The van der Waals surface area contributed by atoms with Crippen LogP contribution in [0.5, 0.6) is 0 Å². The number of nitrogens with zero attached hydrogens (tertiary/aromatic N) is 3. The molecule has 0 atom stereocenters. The van der Waals surface area contributed by atoms with Crippen LogP contribution in [0.1, 0.15) is 28.1 Å². The first-order chi connectivity index (χ1) is 15.5. The predicted molar refractivity (Wildman–Crippen MR) is 134 cm³/mol. The third-order valence-electron chi connectivity index (χ3n) is 5.35. The van der Waals surface area contributed by atoms with Gasteiger partial charge < -0.3 is 4.57 Å². The number of benzene rings is 2. The molecule has 0 aliphatic rings. The first-order valence-electron chi connectivity index (χ1n) is 10.3. The molecule has 0 saturated carbocycles. The van der Waals surface area contributed by atoms with Crippen LogP contribution >= 0.6 is 11.6 Å². The van der Waals surface area contributed by atoms with Gasteiger partial charge in [-0.3, -0.25) is 9.10 Å². The Morgan fingerprint density at radius 2 is 1.79 bits per heavy atom. The number of aromatic nitrogens is 1. The number of anilines is 1. The van der Waals surface area contributed by atoms with E-state index in [4.69, 9.17) is 11.6 Å². The molecule has 1 N–H and O–H groups in total. The minimum atomic E-state index is -3.71. The molecule has 0 aliphatic heterocycles. The van der Waals surface area contributed by atoms with Crippen LogP contribution in [0.4, 0.5) is 5.69 Å². The standard InChI is InChI=1S/C24H27ClN4O3S/c1-16-9-11-21(12-10-16)29-17(2)13-20(19(29)4)14-26-27-24(30)15-28(33(5,31)32)23-8-6-7-22(25)18(23)3/h6-14H,15H2,1-5H3,(H,27,30)/b26-14-. The van der Waals surface area contributed by atoms with Gasteiger partial charge in [0.1, 0.15) is 6.54 Å². The monoisotopic (exact) mass is 486 g/mol. The maximum Gasteiger partial charge on any atom is 0.260 e. The first kappa shape index (κ1) is 24.5. The minimum absolute atomic E-state index is 0.353. The second-order valence-electron chi connectivity index (χ2n) is 7.94. The van der Waals surface area contributed by atoms with Crippen LogP contribution in [0.2, 0.25) is 5.02 Å². The number of hydrogen-bond acceptors (Lipinski definition) is 4. The second-order valence-corrected chi connectivity index (χ2v) is 10.3. The third kappa shape index (κ3) is 5.64. The van der Waals surface area contributed by atoms with E-state index in [2.05, 4.69) is 39.4 Å². The molecule has 0 bridgehead atoms. The van der Waals surface area contributed by atoms with Crippen molar-refractivity contribution in [3.63, 3.8) is 0 Å². The van der Waals surface area contributed by atoms with Gasteiger partial charge in [0.25, 0.3) is 5.91 Å². The summed E-state index contributed by atoms with van der Waals surface area (Å²) in [5, 5.41) is 4.47. The quantitative estimate of drug-likeness (QED) is 0.399. The van der Waals surface area contributed by atoms with Crippen molar-refractivity contribution in [3.05, 3.63) is 81.6 Å². The fourth-order valence-electron chi connectivity index (χ4n) is 3.60. The van der Waals surface area contributed by atoms with E-state index in [1.54, 1.807) is 31.3 Å². The van der Waals surface area contributed by atoms with Gasteiger partial charge in [-0.1, -0.05) is 35.4 Å². The molecule has 1 aromatic heterocycles. The van der Waals surface area contributed by atoms with Crippen molar-refractivity contribution < 1.29 is 13.2 Å². The van der Waals surface area contributed by atoms with Gasteiger partial charge in [-0.15, -0.1) is 0 Å². The molecule has 0 saturated heterocycles.